The van der Waals surface area contributed by atoms with Crippen molar-refractivity contribution in [3.05, 3.63) is 65.5 Å². The molecule has 0 saturated heterocycles. The average Bonchev–Trinajstić information content (AvgIpc) is 3.23. The van der Waals surface area contributed by atoms with Crippen LogP contribution < -0.4 is 5.32 Å². The number of aromatic nitrogens is 3. The van der Waals surface area contributed by atoms with Crippen molar-refractivity contribution in [3.8, 4) is 11.4 Å². The van der Waals surface area contributed by atoms with E-state index in [9.17, 15) is 4.79 Å². The van der Waals surface area contributed by atoms with E-state index < -0.39 is 0 Å². The van der Waals surface area contributed by atoms with E-state index in [1.165, 1.54) is 0 Å². The van der Waals surface area contributed by atoms with Gasteiger partial charge in [-0.15, -0.1) is 0 Å². The summed E-state index contributed by atoms with van der Waals surface area (Å²) in [7, 11) is 0. The number of ether oxygens (including phenoxy) is 1. The molecule has 1 aliphatic rings. The summed E-state index contributed by atoms with van der Waals surface area (Å²) in [6.07, 6.45) is 3.28. The first-order chi connectivity index (χ1) is 11.3. The molecule has 6 nitrogen and oxygen atoms in total. The fourth-order valence-electron chi connectivity index (χ4n) is 2.59. The van der Waals surface area contributed by atoms with Crippen molar-refractivity contribution in [1.29, 1.82) is 0 Å². The van der Waals surface area contributed by atoms with Crippen LogP contribution in [0.4, 0.5) is 5.69 Å². The van der Waals surface area contributed by atoms with Crippen LogP contribution in [0, 0.1) is 0 Å². The summed E-state index contributed by atoms with van der Waals surface area (Å²) in [5, 5.41) is 9.76. The number of benzene rings is 1. The lowest BCUT2D eigenvalue weighted by atomic mass is 10.1. The summed E-state index contributed by atoms with van der Waals surface area (Å²) in [5.74, 6) is -0.182. The SMILES string of the molecule is O=C(Nc1cn[nH]c1-c1ccccn1)c1ccc2c(c1)COC2. The second-order valence-electron chi connectivity index (χ2n) is 5.30. The minimum Gasteiger partial charge on any atom is -0.372 e. The van der Waals surface area contributed by atoms with Crippen LogP contribution in [-0.4, -0.2) is 21.1 Å². The fraction of sp³-hybridized carbons (Fsp3) is 0.118. The maximum Gasteiger partial charge on any atom is 0.255 e. The highest BCUT2D eigenvalue weighted by atomic mass is 16.5. The van der Waals surface area contributed by atoms with Gasteiger partial charge in [0, 0.05) is 11.8 Å². The van der Waals surface area contributed by atoms with Gasteiger partial charge >= 0.3 is 0 Å². The zero-order valence-corrected chi connectivity index (χ0v) is 12.2. The highest BCUT2D eigenvalue weighted by Gasteiger charge is 2.16. The Kier molecular flexibility index (Phi) is 3.36. The fourth-order valence-corrected chi connectivity index (χ4v) is 2.59. The van der Waals surface area contributed by atoms with Gasteiger partial charge in [-0.25, -0.2) is 0 Å². The number of pyridine rings is 1. The average molecular weight is 306 g/mol. The van der Waals surface area contributed by atoms with E-state index in [1.54, 1.807) is 12.4 Å². The van der Waals surface area contributed by atoms with E-state index in [-0.39, 0.29) is 5.91 Å². The summed E-state index contributed by atoms with van der Waals surface area (Å²) in [6, 6.07) is 11.2. The van der Waals surface area contributed by atoms with Crippen LogP contribution in [0.2, 0.25) is 0 Å². The minimum atomic E-state index is -0.182. The number of anilines is 1. The molecule has 0 fully saturated rings. The molecule has 0 saturated carbocycles. The van der Waals surface area contributed by atoms with Gasteiger partial charge in [0.05, 0.1) is 30.8 Å². The quantitative estimate of drug-likeness (QED) is 0.779. The molecule has 114 valence electrons. The largest absolute Gasteiger partial charge is 0.372 e. The number of hydrogen-bond acceptors (Lipinski definition) is 4. The summed E-state index contributed by atoms with van der Waals surface area (Å²) >= 11 is 0. The van der Waals surface area contributed by atoms with Gasteiger partial charge in [-0.2, -0.15) is 5.10 Å². The number of nitrogens with zero attached hydrogens (tertiary/aromatic N) is 2. The summed E-state index contributed by atoms with van der Waals surface area (Å²) in [4.78, 5) is 16.8. The lowest BCUT2D eigenvalue weighted by Gasteiger charge is -2.07. The third-order valence-corrected chi connectivity index (χ3v) is 3.79. The molecule has 0 atom stereocenters. The molecule has 2 N–H and O–H groups in total. The monoisotopic (exact) mass is 306 g/mol. The van der Waals surface area contributed by atoms with E-state index in [1.807, 2.05) is 36.4 Å². The molecule has 23 heavy (non-hydrogen) atoms. The van der Waals surface area contributed by atoms with Gasteiger partial charge < -0.3 is 10.1 Å². The van der Waals surface area contributed by atoms with Gasteiger partial charge in [-0.3, -0.25) is 14.9 Å². The maximum absolute atomic E-state index is 12.5. The third-order valence-electron chi connectivity index (χ3n) is 3.79. The van der Waals surface area contributed by atoms with Crippen molar-refractivity contribution >= 4 is 11.6 Å². The van der Waals surface area contributed by atoms with Crippen LogP contribution in [0.5, 0.6) is 0 Å². The number of carbonyl (C=O) groups excluding carboxylic acids is 1. The number of hydrogen-bond donors (Lipinski definition) is 2. The van der Waals surface area contributed by atoms with E-state index in [4.69, 9.17) is 4.74 Å². The molecule has 4 rings (SSSR count). The van der Waals surface area contributed by atoms with Crippen LogP contribution in [0.15, 0.2) is 48.8 Å². The van der Waals surface area contributed by atoms with Crippen molar-refractivity contribution in [3.63, 3.8) is 0 Å². The van der Waals surface area contributed by atoms with Gasteiger partial charge in [0.15, 0.2) is 0 Å². The maximum atomic E-state index is 12.5. The lowest BCUT2D eigenvalue weighted by molar-refractivity contribution is 0.102. The Balaban J connectivity index is 1.59. The third kappa shape index (κ3) is 2.60. The molecule has 0 radical (unpaired) electrons. The van der Waals surface area contributed by atoms with Gasteiger partial charge in [-0.05, 0) is 35.4 Å². The highest BCUT2D eigenvalue weighted by molar-refractivity contribution is 6.05. The smallest absolute Gasteiger partial charge is 0.255 e. The molecule has 3 aromatic rings. The molecule has 0 aliphatic carbocycles. The Morgan fingerprint density at radius 3 is 2.96 bits per heavy atom. The lowest BCUT2D eigenvalue weighted by Crippen LogP contribution is -2.12. The second-order valence-corrected chi connectivity index (χ2v) is 5.30. The number of aromatic amines is 1. The molecule has 6 heteroatoms. The predicted octanol–water partition coefficient (Wildman–Crippen LogP) is 2.75. The standard InChI is InChI=1S/C17H14N4O2/c22-17(11-4-5-12-9-23-10-13(12)7-11)20-15-8-19-21-16(15)14-3-1-2-6-18-14/h1-8H,9-10H2,(H,19,21)(H,20,22). The molecule has 0 spiro atoms. The van der Waals surface area contributed by atoms with E-state index in [0.717, 1.165) is 16.8 Å². The molecule has 0 bridgehead atoms. The summed E-state index contributed by atoms with van der Waals surface area (Å²) < 4.78 is 5.38. The topological polar surface area (TPSA) is 79.9 Å². The molecule has 1 amide bonds. The van der Waals surface area contributed by atoms with E-state index in [2.05, 4.69) is 20.5 Å². The number of amides is 1. The Morgan fingerprint density at radius 1 is 1.17 bits per heavy atom. The van der Waals surface area contributed by atoms with Gasteiger partial charge in [0.2, 0.25) is 0 Å². The zero-order valence-electron chi connectivity index (χ0n) is 12.2. The van der Waals surface area contributed by atoms with Gasteiger partial charge in [0.1, 0.15) is 5.69 Å². The first-order valence-electron chi connectivity index (χ1n) is 7.27. The Bertz CT molecular complexity index is 858. The van der Waals surface area contributed by atoms with Crippen molar-refractivity contribution in [1.82, 2.24) is 15.2 Å². The Labute approximate surface area is 132 Å². The second kappa shape index (κ2) is 5.66. The first-order valence-corrected chi connectivity index (χ1v) is 7.27. The van der Waals surface area contributed by atoms with Crippen molar-refractivity contribution in [2.45, 2.75) is 13.2 Å². The molecule has 1 aliphatic heterocycles. The van der Waals surface area contributed by atoms with Crippen LogP contribution in [0.1, 0.15) is 21.5 Å². The van der Waals surface area contributed by atoms with E-state index >= 15 is 0 Å². The molecule has 1 aromatic carbocycles. The minimum absolute atomic E-state index is 0.182. The number of fused-ring (bicyclic) bond motifs is 1. The Morgan fingerprint density at radius 2 is 2.09 bits per heavy atom. The van der Waals surface area contributed by atoms with E-state index in [0.29, 0.717) is 30.2 Å². The molecule has 0 unspecified atom stereocenters. The van der Waals surface area contributed by atoms with Crippen molar-refractivity contribution < 1.29 is 9.53 Å². The summed E-state index contributed by atoms with van der Waals surface area (Å²) in [5.41, 5.74) is 4.81. The number of H-pyrrole nitrogens is 1. The molecule has 3 heterocycles. The molecular formula is C17H14N4O2. The predicted molar refractivity (Wildman–Crippen MR) is 84.7 cm³/mol. The highest BCUT2D eigenvalue weighted by Crippen LogP contribution is 2.25. The Hall–Kier alpha value is -2.99. The number of rotatable bonds is 3. The van der Waals surface area contributed by atoms with Crippen LogP contribution in [0.3, 0.4) is 0 Å². The van der Waals surface area contributed by atoms with Crippen LogP contribution in [0.25, 0.3) is 11.4 Å². The normalized spacial score (nSPS) is 12.9. The van der Waals surface area contributed by atoms with Gasteiger partial charge in [0.25, 0.3) is 5.91 Å². The van der Waals surface area contributed by atoms with Crippen LogP contribution in [-0.2, 0) is 18.0 Å². The first kappa shape index (κ1) is 13.7. The number of nitrogens with one attached hydrogen (secondary N) is 2. The molecular weight excluding hydrogens is 292 g/mol. The van der Waals surface area contributed by atoms with Crippen LogP contribution >= 0.6 is 0 Å². The number of carbonyl (C=O) groups is 1. The van der Waals surface area contributed by atoms with Gasteiger partial charge in [-0.1, -0.05) is 12.1 Å². The summed E-state index contributed by atoms with van der Waals surface area (Å²) in [6.45, 7) is 1.17. The zero-order chi connectivity index (χ0) is 15.6. The van der Waals surface area contributed by atoms with Crippen molar-refractivity contribution in [2.24, 2.45) is 0 Å². The van der Waals surface area contributed by atoms with Crippen molar-refractivity contribution in [2.75, 3.05) is 5.32 Å². The molecule has 2 aromatic heterocycles.